The molecule has 0 saturated carbocycles. The lowest BCUT2D eigenvalue weighted by atomic mass is 10.2. The van der Waals surface area contributed by atoms with Gasteiger partial charge in [-0.15, -0.1) is 0 Å². The summed E-state index contributed by atoms with van der Waals surface area (Å²) in [5, 5.41) is 0.590. The van der Waals surface area contributed by atoms with Gasteiger partial charge in [-0.1, -0.05) is 23.8 Å². The van der Waals surface area contributed by atoms with Gasteiger partial charge in [0.05, 0.1) is 5.02 Å². The van der Waals surface area contributed by atoms with Crippen molar-refractivity contribution in [3.63, 3.8) is 0 Å². The molecule has 64 valence electrons. The van der Waals surface area contributed by atoms with Crippen LogP contribution in [-0.4, -0.2) is 11.5 Å². The number of nitrogens with two attached hydrogens (primary N) is 2. The summed E-state index contributed by atoms with van der Waals surface area (Å²) in [5.41, 5.74) is 11.5. The van der Waals surface area contributed by atoms with Gasteiger partial charge >= 0.3 is 0 Å². The standard InChI is InChI=1S/C8H10ClN3/c9-7-4-8(11)12-5-6(7)2-1-3-10/h1-2,4-5H,3,10H2,(H2,11,12). The summed E-state index contributed by atoms with van der Waals surface area (Å²) in [6, 6.07) is 1.61. The zero-order valence-corrected chi connectivity index (χ0v) is 7.25. The lowest BCUT2D eigenvalue weighted by molar-refractivity contribution is 1.26. The topological polar surface area (TPSA) is 64.9 Å². The molecule has 0 bridgehead atoms. The van der Waals surface area contributed by atoms with E-state index in [-0.39, 0.29) is 0 Å². The molecule has 1 aromatic rings. The first-order valence-electron chi connectivity index (χ1n) is 3.51. The SMILES string of the molecule is NCC=Cc1cnc(N)cc1Cl. The molecule has 0 aromatic carbocycles. The number of rotatable bonds is 2. The molecule has 4 heteroatoms. The minimum atomic E-state index is 0.421. The Balaban J connectivity index is 2.94. The van der Waals surface area contributed by atoms with Gasteiger partial charge in [0, 0.05) is 18.3 Å². The molecular formula is C8H10ClN3. The van der Waals surface area contributed by atoms with Gasteiger partial charge in [0.25, 0.3) is 0 Å². The molecule has 1 rings (SSSR count). The molecule has 0 saturated heterocycles. The highest BCUT2D eigenvalue weighted by Crippen LogP contribution is 2.17. The Morgan fingerprint density at radius 2 is 2.33 bits per heavy atom. The Labute approximate surface area is 76.0 Å². The van der Waals surface area contributed by atoms with Crippen molar-refractivity contribution in [3.8, 4) is 0 Å². The predicted molar refractivity (Wildman–Crippen MR) is 51.7 cm³/mol. The zero-order chi connectivity index (χ0) is 8.97. The maximum Gasteiger partial charge on any atom is 0.124 e. The van der Waals surface area contributed by atoms with Crippen molar-refractivity contribution in [2.45, 2.75) is 0 Å². The molecule has 0 aliphatic rings. The van der Waals surface area contributed by atoms with E-state index in [1.807, 2.05) is 6.08 Å². The van der Waals surface area contributed by atoms with E-state index >= 15 is 0 Å². The van der Waals surface area contributed by atoms with Gasteiger partial charge in [-0.3, -0.25) is 0 Å². The van der Waals surface area contributed by atoms with Crippen LogP contribution in [-0.2, 0) is 0 Å². The summed E-state index contributed by atoms with van der Waals surface area (Å²) in [4.78, 5) is 3.89. The number of nitrogen functional groups attached to an aromatic ring is 1. The molecule has 0 radical (unpaired) electrons. The average Bonchev–Trinajstić information content (AvgIpc) is 2.03. The number of nitrogens with zero attached hydrogens (tertiary/aromatic N) is 1. The Bertz CT molecular complexity index is 296. The number of hydrogen-bond donors (Lipinski definition) is 2. The third kappa shape index (κ3) is 2.22. The summed E-state index contributed by atoms with van der Waals surface area (Å²) in [6.45, 7) is 0.487. The average molecular weight is 184 g/mol. The van der Waals surface area contributed by atoms with E-state index < -0.39 is 0 Å². The quantitative estimate of drug-likeness (QED) is 0.726. The fourth-order valence-electron chi connectivity index (χ4n) is 0.774. The second-order valence-corrected chi connectivity index (χ2v) is 2.68. The number of pyridine rings is 1. The van der Waals surface area contributed by atoms with Crippen molar-refractivity contribution in [2.75, 3.05) is 12.3 Å². The molecule has 0 atom stereocenters. The van der Waals surface area contributed by atoms with Gasteiger partial charge < -0.3 is 11.5 Å². The van der Waals surface area contributed by atoms with E-state index in [1.54, 1.807) is 18.3 Å². The summed E-state index contributed by atoms with van der Waals surface area (Å²) in [6.07, 6.45) is 5.23. The Morgan fingerprint density at radius 1 is 1.58 bits per heavy atom. The van der Waals surface area contributed by atoms with Crippen molar-refractivity contribution in [3.05, 3.63) is 28.9 Å². The van der Waals surface area contributed by atoms with E-state index in [4.69, 9.17) is 23.1 Å². The Morgan fingerprint density at radius 3 is 2.92 bits per heavy atom. The number of aromatic nitrogens is 1. The molecule has 12 heavy (non-hydrogen) atoms. The zero-order valence-electron chi connectivity index (χ0n) is 6.50. The van der Waals surface area contributed by atoms with Crippen LogP contribution in [0.5, 0.6) is 0 Å². The maximum absolute atomic E-state index is 5.85. The molecule has 0 spiro atoms. The molecule has 0 fully saturated rings. The van der Waals surface area contributed by atoms with Crippen LogP contribution in [0.25, 0.3) is 6.08 Å². The van der Waals surface area contributed by atoms with E-state index in [0.717, 1.165) is 5.56 Å². The van der Waals surface area contributed by atoms with Crippen LogP contribution >= 0.6 is 11.6 Å². The van der Waals surface area contributed by atoms with E-state index in [9.17, 15) is 0 Å². The second-order valence-electron chi connectivity index (χ2n) is 2.27. The van der Waals surface area contributed by atoms with Crippen molar-refractivity contribution in [2.24, 2.45) is 5.73 Å². The van der Waals surface area contributed by atoms with Crippen LogP contribution in [0.15, 0.2) is 18.3 Å². The number of halogens is 1. The summed E-state index contributed by atoms with van der Waals surface area (Å²) in [7, 11) is 0. The first-order chi connectivity index (χ1) is 5.74. The van der Waals surface area contributed by atoms with E-state index in [0.29, 0.717) is 17.4 Å². The molecule has 0 aliphatic heterocycles. The Hall–Kier alpha value is -1.06. The van der Waals surface area contributed by atoms with Gasteiger partial charge in [-0.05, 0) is 6.07 Å². The molecule has 0 unspecified atom stereocenters. The number of hydrogen-bond acceptors (Lipinski definition) is 3. The lowest BCUT2D eigenvalue weighted by Crippen LogP contribution is -1.93. The van der Waals surface area contributed by atoms with Crippen molar-refractivity contribution >= 4 is 23.5 Å². The fraction of sp³-hybridized carbons (Fsp3) is 0.125. The molecule has 4 N–H and O–H groups in total. The van der Waals surface area contributed by atoms with Crippen LogP contribution in [0.4, 0.5) is 5.82 Å². The molecule has 3 nitrogen and oxygen atoms in total. The smallest absolute Gasteiger partial charge is 0.124 e. The summed E-state index contributed by atoms with van der Waals surface area (Å²) >= 11 is 5.85. The van der Waals surface area contributed by atoms with Gasteiger partial charge in [-0.2, -0.15) is 0 Å². The predicted octanol–water partition coefficient (Wildman–Crippen LogP) is 1.29. The third-order valence-electron chi connectivity index (χ3n) is 1.34. The van der Waals surface area contributed by atoms with E-state index in [2.05, 4.69) is 4.98 Å². The molecular weight excluding hydrogens is 174 g/mol. The number of anilines is 1. The molecule has 1 heterocycles. The molecule has 0 amide bonds. The third-order valence-corrected chi connectivity index (χ3v) is 1.66. The molecule has 0 aliphatic carbocycles. The highest BCUT2D eigenvalue weighted by atomic mass is 35.5. The van der Waals surface area contributed by atoms with Crippen LogP contribution in [0.1, 0.15) is 5.56 Å². The summed E-state index contributed by atoms with van der Waals surface area (Å²) in [5.74, 6) is 0.421. The van der Waals surface area contributed by atoms with Gasteiger partial charge in [0.15, 0.2) is 0 Å². The first kappa shape index (κ1) is 9.03. The monoisotopic (exact) mass is 183 g/mol. The van der Waals surface area contributed by atoms with Crippen LogP contribution in [0, 0.1) is 0 Å². The van der Waals surface area contributed by atoms with Crippen molar-refractivity contribution < 1.29 is 0 Å². The maximum atomic E-state index is 5.85. The van der Waals surface area contributed by atoms with Crippen molar-refractivity contribution in [1.82, 2.24) is 4.98 Å². The van der Waals surface area contributed by atoms with Crippen LogP contribution in [0.2, 0.25) is 5.02 Å². The first-order valence-corrected chi connectivity index (χ1v) is 3.89. The largest absolute Gasteiger partial charge is 0.384 e. The fourth-order valence-corrected chi connectivity index (χ4v) is 0.997. The van der Waals surface area contributed by atoms with Gasteiger partial charge in [0.1, 0.15) is 5.82 Å². The highest BCUT2D eigenvalue weighted by Gasteiger charge is 1.96. The van der Waals surface area contributed by atoms with Gasteiger partial charge in [-0.25, -0.2) is 4.98 Å². The van der Waals surface area contributed by atoms with Gasteiger partial charge in [0.2, 0.25) is 0 Å². The Kier molecular flexibility index (Phi) is 3.08. The normalized spacial score (nSPS) is 10.8. The van der Waals surface area contributed by atoms with E-state index in [1.165, 1.54) is 0 Å². The highest BCUT2D eigenvalue weighted by molar-refractivity contribution is 6.32. The van der Waals surface area contributed by atoms with Crippen LogP contribution in [0.3, 0.4) is 0 Å². The summed E-state index contributed by atoms with van der Waals surface area (Å²) < 4.78 is 0. The second kappa shape index (κ2) is 4.09. The van der Waals surface area contributed by atoms with Crippen molar-refractivity contribution in [1.29, 1.82) is 0 Å². The lowest BCUT2D eigenvalue weighted by Gasteiger charge is -1.97. The molecule has 1 aromatic heterocycles. The minimum absolute atomic E-state index is 0.421. The minimum Gasteiger partial charge on any atom is -0.384 e. The van der Waals surface area contributed by atoms with Crippen LogP contribution < -0.4 is 11.5 Å².